The second kappa shape index (κ2) is 6.39. The summed E-state index contributed by atoms with van der Waals surface area (Å²) in [5, 5.41) is 0. The summed E-state index contributed by atoms with van der Waals surface area (Å²) in [6, 6.07) is 16.7. The summed E-state index contributed by atoms with van der Waals surface area (Å²) in [5.41, 5.74) is 9.42. The van der Waals surface area contributed by atoms with Crippen molar-refractivity contribution in [3.05, 3.63) is 65.2 Å². The van der Waals surface area contributed by atoms with Crippen molar-refractivity contribution < 1.29 is 4.74 Å². The van der Waals surface area contributed by atoms with Crippen LogP contribution in [0.15, 0.2) is 48.5 Å². The highest BCUT2D eigenvalue weighted by atomic mass is 16.5. The quantitative estimate of drug-likeness (QED) is 0.888. The third-order valence-electron chi connectivity index (χ3n) is 3.03. The van der Waals surface area contributed by atoms with E-state index in [-0.39, 0.29) is 6.04 Å². The first-order valence-corrected chi connectivity index (χ1v) is 6.67. The first-order valence-electron chi connectivity index (χ1n) is 6.67. The monoisotopic (exact) mass is 255 g/mol. The zero-order valence-corrected chi connectivity index (χ0v) is 11.6. The molecule has 0 aliphatic rings. The Morgan fingerprint density at radius 1 is 1.05 bits per heavy atom. The predicted octanol–water partition coefficient (Wildman–Crippen LogP) is 3.46. The van der Waals surface area contributed by atoms with E-state index < -0.39 is 0 Å². The number of benzene rings is 2. The van der Waals surface area contributed by atoms with Crippen LogP contribution in [0.25, 0.3) is 0 Å². The average Bonchev–Trinajstić information content (AvgIpc) is 2.38. The third kappa shape index (κ3) is 4.11. The zero-order valence-electron chi connectivity index (χ0n) is 11.6. The normalized spacial score (nSPS) is 12.2. The molecular weight excluding hydrogens is 234 g/mol. The number of hydrogen-bond donors (Lipinski definition) is 1. The van der Waals surface area contributed by atoms with Crippen LogP contribution in [-0.4, -0.2) is 6.04 Å². The summed E-state index contributed by atoms with van der Waals surface area (Å²) in [6.45, 7) is 4.70. The van der Waals surface area contributed by atoms with Crippen LogP contribution in [0.2, 0.25) is 0 Å². The van der Waals surface area contributed by atoms with Gasteiger partial charge in [0.2, 0.25) is 0 Å². The van der Waals surface area contributed by atoms with Crippen molar-refractivity contribution in [1.82, 2.24) is 0 Å². The van der Waals surface area contributed by atoms with Crippen LogP contribution in [0.5, 0.6) is 5.75 Å². The molecule has 2 heteroatoms. The summed E-state index contributed by atoms with van der Waals surface area (Å²) in [7, 11) is 0. The number of rotatable bonds is 5. The summed E-state index contributed by atoms with van der Waals surface area (Å²) in [4.78, 5) is 0. The second-order valence-corrected chi connectivity index (χ2v) is 5.06. The van der Waals surface area contributed by atoms with Crippen LogP contribution in [0.4, 0.5) is 0 Å². The summed E-state index contributed by atoms with van der Waals surface area (Å²) in [6.07, 6.45) is 0.903. The van der Waals surface area contributed by atoms with Crippen molar-refractivity contribution in [2.45, 2.75) is 32.9 Å². The Kier molecular flexibility index (Phi) is 4.58. The molecule has 2 aromatic rings. The fourth-order valence-electron chi connectivity index (χ4n) is 2.11. The van der Waals surface area contributed by atoms with Crippen molar-refractivity contribution in [1.29, 1.82) is 0 Å². The smallest absolute Gasteiger partial charge is 0.122 e. The molecule has 0 fully saturated rings. The molecule has 0 heterocycles. The van der Waals surface area contributed by atoms with Crippen molar-refractivity contribution in [3.63, 3.8) is 0 Å². The molecule has 0 saturated heterocycles. The Balaban J connectivity index is 2.01. The molecule has 0 aliphatic carbocycles. The summed E-state index contributed by atoms with van der Waals surface area (Å²) >= 11 is 0. The molecule has 2 aromatic carbocycles. The molecule has 0 amide bonds. The van der Waals surface area contributed by atoms with E-state index in [1.54, 1.807) is 0 Å². The maximum atomic E-state index is 5.85. The van der Waals surface area contributed by atoms with Crippen LogP contribution < -0.4 is 10.5 Å². The molecule has 0 aromatic heterocycles. The van der Waals surface area contributed by atoms with Crippen LogP contribution in [-0.2, 0) is 13.0 Å². The Labute approximate surface area is 115 Å². The van der Waals surface area contributed by atoms with E-state index in [2.05, 4.69) is 31.2 Å². The first kappa shape index (κ1) is 13.6. The van der Waals surface area contributed by atoms with Gasteiger partial charge in [-0.1, -0.05) is 42.5 Å². The number of aryl methyl sites for hydroxylation is 1. The molecule has 1 atom stereocenters. The molecule has 1 unspecified atom stereocenters. The topological polar surface area (TPSA) is 35.2 Å². The number of nitrogens with two attached hydrogens (primary N) is 1. The van der Waals surface area contributed by atoms with Gasteiger partial charge < -0.3 is 10.5 Å². The summed E-state index contributed by atoms with van der Waals surface area (Å²) in [5.74, 6) is 0.942. The van der Waals surface area contributed by atoms with E-state index in [0.29, 0.717) is 6.61 Å². The van der Waals surface area contributed by atoms with Gasteiger partial charge in [0.1, 0.15) is 12.4 Å². The number of hydrogen-bond acceptors (Lipinski definition) is 2. The van der Waals surface area contributed by atoms with Crippen molar-refractivity contribution in [2.75, 3.05) is 0 Å². The van der Waals surface area contributed by atoms with Crippen molar-refractivity contribution in [2.24, 2.45) is 5.73 Å². The van der Waals surface area contributed by atoms with E-state index in [1.807, 2.05) is 31.2 Å². The zero-order chi connectivity index (χ0) is 13.7. The lowest BCUT2D eigenvalue weighted by molar-refractivity contribution is 0.304. The molecule has 19 heavy (non-hydrogen) atoms. The fraction of sp³-hybridized carbons (Fsp3) is 0.294. The molecule has 0 spiro atoms. The Bertz CT molecular complexity index is 520. The lowest BCUT2D eigenvalue weighted by Gasteiger charge is -2.12. The van der Waals surface area contributed by atoms with E-state index >= 15 is 0 Å². The van der Waals surface area contributed by atoms with Gasteiger partial charge >= 0.3 is 0 Å². The molecule has 2 nitrogen and oxygen atoms in total. The minimum absolute atomic E-state index is 0.190. The molecule has 0 aliphatic heterocycles. The highest BCUT2D eigenvalue weighted by molar-refractivity contribution is 5.36. The van der Waals surface area contributed by atoms with Gasteiger partial charge in [0.15, 0.2) is 0 Å². The molecule has 0 radical (unpaired) electrons. The largest absolute Gasteiger partial charge is 0.489 e. The Morgan fingerprint density at radius 3 is 2.42 bits per heavy atom. The van der Waals surface area contributed by atoms with Crippen molar-refractivity contribution >= 4 is 0 Å². The van der Waals surface area contributed by atoms with Crippen LogP contribution >= 0.6 is 0 Å². The van der Waals surface area contributed by atoms with E-state index in [0.717, 1.165) is 17.7 Å². The fourth-order valence-corrected chi connectivity index (χ4v) is 2.11. The van der Waals surface area contributed by atoms with Gasteiger partial charge in [0, 0.05) is 6.04 Å². The van der Waals surface area contributed by atoms with Gasteiger partial charge in [-0.2, -0.15) is 0 Å². The van der Waals surface area contributed by atoms with Crippen LogP contribution in [0, 0.1) is 6.92 Å². The van der Waals surface area contributed by atoms with E-state index in [9.17, 15) is 0 Å². The average molecular weight is 255 g/mol. The maximum absolute atomic E-state index is 5.85. The van der Waals surface area contributed by atoms with Gasteiger partial charge in [-0.15, -0.1) is 0 Å². The lowest BCUT2D eigenvalue weighted by Crippen LogP contribution is -2.17. The second-order valence-electron chi connectivity index (χ2n) is 5.06. The van der Waals surface area contributed by atoms with Gasteiger partial charge in [-0.25, -0.2) is 0 Å². The van der Waals surface area contributed by atoms with Gasteiger partial charge in [0.05, 0.1) is 0 Å². The van der Waals surface area contributed by atoms with E-state index in [4.69, 9.17) is 10.5 Å². The molecule has 2 N–H and O–H groups in total. The highest BCUT2D eigenvalue weighted by Crippen LogP contribution is 2.21. The van der Waals surface area contributed by atoms with Crippen molar-refractivity contribution in [3.8, 4) is 5.75 Å². The molecular formula is C17H21NO. The Morgan fingerprint density at radius 2 is 1.79 bits per heavy atom. The first-order chi connectivity index (χ1) is 9.15. The minimum Gasteiger partial charge on any atom is -0.489 e. The minimum atomic E-state index is 0.190. The summed E-state index contributed by atoms with van der Waals surface area (Å²) < 4.78 is 5.85. The van der Waals surface area contributed by atoms with Gasteiger partial charge in [-0.3, -0.25) is 0 Å². The van der Waals surface area contributed by atoms with E-state index in [1.165, 1.54) is 11.1 Å². The Hall–Kier alpha value is -1.80. The van der Waals surface area contributed by atoms with Crippen LogP contribution in [0.1, 0.15) is 23.6 Å². The molecule has 0 saturated carbocycles. The lowest BCUT2D eigenvalue weighted by atomic mass is 10.0. The molecule has 0 bridgehead atoms. The predicted molar refractivity (Wildman–Crippen MR) is 79.3 cm³/mol. The van der Waals surface area contributed by atoms with Gasteiger partial charge in [0.25, 0.3) is 0 Å². The molecule has 2 rings (SSSR count). The van der Waals surface area contributed by atoms with Gasteiger partial charge in [-0.05, 0) is 43.0 Å². The SMILES string of the molecule is Cc1cc(CC(C)N)ccc1OCc1ccccc1. The molecule has 100 valence electrons. The number of ether oxygens (including phenoxy) is 1. The maximum Gasteiger partial charge on any atom is 0.122 e. The standard InChI is InChI=1S/C17H21NO/c1-13-10-16(11-14(2)18)8-9-17(13)19-12-15-6-4-3-5-7-15/h3-10,14H,11-12,18H2,1-2H3. The highest BCUT2D eigenvalue weighted by Gasteiger charge is 2.03. The van der Waals surface area contributed by atoms with Crippen LogP contribution in [0.3, 0.4) is 0 Å². The third-order valence-corrected chi connectivity index (χ3v) is 3.03.